The fourth-order valence-corrected chi connectivity index (χ4v) is 3.71. The Labute approximate surface area is 123 Å². The molecule has 2 fully saturated rings. The van der Waals surface area contributed by atoms with Crippen molar-refractivity contribution in [1.29, 1.82) is 0 Å². The molecule has 0 aromatic heterocycles. The predicted molar refractivity (Wildman–Crippen MR) is 82.4 cm³/mol. The summed E-state index contributed by atoms with van der Waals surface area (Å²) in [5.41, 5.74) is 5.31. The highest BCUT2D eigenvalue weighted by Gasteiger charge is 2.51. The van der Waals surface area contributed by atoms with Crippen molar-refractivity contribution in [3.8, 4) is 0 Å². The quantitative estimate of drug-likeness (QED) is 0.747. The standard InChI is InChI=1S/C16H31N3O/c1-4-13-6-5-9-19(10-13)11-16(15(17)20,14-7-8-14)18-12(2)3/h12-14,18H,4-11H2,1-3H3,(H2,17,20). The Morgan fingerprint density at radius 1 is 1.40 bits per heavy atom. The third-order valence-electron chi connectivity index (χ3n) is 4.91. The molecule has 0 bridgehead atoms. The van der Waals surface area contributed by atoms with Crippen LogP contribution in [0.25, 0.3) is 0 Å². The van der Waals surface area contributed by atoms with E-state index in [4.69, 9.17) is 5.73 Å². The Morgan fingerprint density at radius 2 is 2.10 bits per heavy atom. The number of carbonyl (C=O) groups excluding carboxylic acids is 1. The van der Waals surface area contributed by atoms with Gasteiger partial charge in [0, 0.05) is 19.1 Å². The molecule has 0 radical (unpaired) electrons. The van der Waals surface area contributed by atoms with E-state index in [9.17, 15) is 4.79 Å². The van der Waals surface area contributed by atoms with Crippen molar-refractivity contribution in [3.63, 3.8) is 0 Å². The van der Waals surface area contributed by atoms with Gasteiger partial charge < -0.3 is 10.6 Å². The van der Waals surface area contributed by atoms with Gasteiger partial charge >= 0.3 is 0 Å². The van der Waals surface area contributed by atoms with Crippen LogP contribution in [0, 0.1) is 11.8 Å². The van der Waals surface area contributed by atoms with Gasteiger partial charge in [0.25, 0.3) is 0 Å². The SMILES string of the molecule is CCC1CCCN(CC(NC(C)C)(C(N)=O)C2CC2)C1. The molecule has 4 heteroatoms. The maximum Gasteiger partial charge on any atom is 0.239 e. The lowest BCUT2D eigenvalue weighted by molar-refractivity contribution is -0.127. The zero-order chi connectivity index (χ0) is 14.8. The summed E-state index contributed by atoms with van der Waals surface area (Å²) in [5.74, 6) is 1.06. The van der Waals surface area contributed by atoms with Crippen LogP contribution >= 0.6 is 0 Å². The maximum absolute atomic E-state index is 12.2. The number of rotatable bonds is 7. The van der Waals surface area contributed by atoms with Crippen molar-refractivity contribution in [3.05, 3.63) is 0 Å². The fraction of sp³-hybridized carbons (Fsp3) is 0.938. The molecule has 2 atom stereocenters. The largest absolute Gasteiger partial charge is 0.368 e. The molecular formula is C16H31N3O. The van der Waals surface area contributed by atoms with Crippen LogP contribution < -0.4 is 11.1 Å². The number of nitrogens with one attached hydrogen (secondary N) is 1. The molecule has 1 saturated heterocycles. The fourth-order valence-electron chi connectivity index (χ4n) is 3.71. The molecular weight excluding hydrogens is 250 g/mol. The molecule has 2 rings (SSSR count). The first-order chi connectivity index (χ1) is 9.48. The molecule has 0 aromatic carbocycles. The lowest BCUT2D eigenvalue weighted by Gasteiger charge is -2.41. The van der Waals surface area contributed by atoms with Crippen molar-refractivity contribution in [2.24, 2.45) is 17.6 Å². The predicted octanol–water partition coefficient (Wildman–Crippen LogP) is 1.74. The second kappa shape index (κ2) is 6.44. The molecule has 116 valence electrons. The third kappa shape index (κ3) is 3.53. The third-order valence-corrected chi connectivity index (χ3v) is 4.91. The van der Waals surface area contributed by atoms with Gasteiger partial charge in [-0.25, -0.2) is 0 Å². The van der Waals surface area contributed by atoms with Gasteiger partial charge in [0.15, 0.2) is 0 Å². The molecule has 1 aliphatic heterocycles. The highest BCUT2D eigenvalue weighted by molar-refractivity contribution is 5.86. The molecule has 1 saturated carbocycles. The molecule has 1 aliphatic carbocycles. The molecule has 0 spiro atoms. The molecule has 1 heterocycles. The lowest BCUT2D eigenvalue weighted by atomic mass is 9.88. The maximum atomic E-state index is 12.2. The first kappa shape index (κ1) is 15.8. The van der Waals surface area contributed by atoms with E-state index in [2.05, 4.69) is 31.0 Å². The number of hydrogen-bond donors (Lipinski definition) is 2. The minimum Gasteiger partial charge on any atom is -0.368 e. The highest BCUT2D eigenvalue weighted by atomic mass is 16.1. The molecule has 2 aliphatic rings. The number of hydrogen-bond acceptors (Lipinski definition) is 3. The first-order valence-electron chi connectivity index (χ1n) is 8.28. The minimum absolute atomic E-state index is 0.160. The Hall–Kier alpha value is -0.610. The van der Waals surface area contributed by atoms with E-state index < -0.39 is 5.54 Å². The van der Waals surface area contributed by atoms with Crippen LogP contribution in [0.15, 0.2) is 0 Å². The number of likely N-dealkylation sites (tertiary alicyclic amines) is 1. The Balaban J connectivity index is 2.08. The van der Waals surface area contributed by atoms with E-state index >= 15 is 0 Å². The summed E-state index contributed by atoms with van der Waals surface area (Å²) in [6.45, 7) is 9.50. The van der Waals surface area contributed by atoms with Crippen LogP contribution in [-0.2, 0) is 4.79 Å². The van der Waals surface area contributed by atoms with Gasteiger partial charge in [-0.15, -0.1) is 0 Å². The normalized spacial score (nSPS) is 27.5. The molecule has 4 nitrogen and oxygen atoms in total. The number of piperidine rings is 1. The zero-order valence-corrected chi connectivity index (χ0v) is 13.3. The van der Waals surface area contributed by atoms with E-state index in [-0.39, 0.29) is 11.9 Å². The molecule has 20 heavy (non-hydrogen) atoms. The summed E-state index contributed by atoms with van der Waals surface area (Å²) in [7, 11) is 0. The van der Waals surface area contributed by atoms with Crippen molar-refractivity contribution < 1.29 is 4.79 Å². The molecule has 3 N–H and O–H groups in total. The second-order valence-electron chi connectivity index (χ2n) is 7.06. The van der Waals surface area contributed by atoms with Crippen LogP contribution in [0.5, 0.6) is 0 Å². The monoisotopic (exact) mass is 281 g/mol. The Kier molecular flexibility index (Phi) is 5.08. The Morgan fingerprint density at radius 3 is 2.60 bits per heavy atom. The van der Waals surface area contributed by atoms with Crippen LogP contribution in [0.4, 0.5) is 0 Å². The van der Waals surface area contributed by atoms with Gasteiger partial charge in [0.2, 0.25) is 5.91 Å². The number of primary amides is 1. The van der Waals surface area contributed by atoms with Crippen LogP contribution in [0.2, 0.25) is 0 Å². The molecule has 0 aromatic rings. The number of amides is 1. The minimum atomic E-state index is -0.510. The number of nitrogens with zero attached hydrogens (tertiary/aromatic N) is 1. The summed E-state index contributed by atoms with van der Waals surface area (Å²) in [6.07, 6.45) is 6.08. The van der Waals surface area contributed by atoms with Gasteiger partial charge in [0.05, 0.1) is 0 Å². The van der Waals surface area contributed by atoms with E-state index in [1.165, 1.54) is 19.3 Å². The summed E-state index contributed by atoms with van der Waals surface area (Å²) in [4.78, 5) is 14.7. The topological polar surface area (TPSA) is 58.4 Å². The average Bonchev–Trinajstić information content (AvgIpc) is 3.21. The lowest BCUT2D eigenvalue weighted by Crippen LogP contribution is -2.65. The Bertz CT molecular complexity index is 341. The van der Waals surface area contributed by atoms with Gasteiger partial charge in [-0.2, -0.15) is 0 Å². The van der Waals surface area contributed by atoms with E-state index in [1.807, 2.05) is 0 Å². The number of nitrogens with two attached hydrogens (primary N) is 1. The summed E-state index contributed by atoms with van der Waals surface area (Å²) >= 11 is 0. The highest BCUT2D eigenvalue weighted by Crippen LogP contribution is 2.41. The van der Waals surface area contributed by atoms with Gasteiger partial charge in [-0.3, -0.25) is 10.1 Å². The summed E-state index contributed by atoms with van der Waals surface area (Å²) in [6, 6.07) is 0.287. The van der Waals surface area contributed by atoms with E-state index in [1.54, 1.807) is 0 Å². The van der Waals surface area contributed by atoms with Crippen molar-refractivity contribution in [1.82, 2.24) is 10.2 Å². The van der Waals surface area contributed by atoms with Crippen molar-refractivity contribution in [2.45, 2.75) is 64.5 Å². The van der Waals surface area contributed by atoms with Crippen LogP contribution in [0.1, 0.15) is 52.9 Å². The number of carbonyl (C=O) groups is 1. The second-order valence-corrected chi connectivity index (χ2v) is 7.06. The van der Waals surface area contributed by atoms with Crippen molar-refractivity contribution >= 4 is 5.91 Å². The first-order valence-corrected chi connectivity index (χ1v) is 8.28. The molecule has 2 unspecified atom stereocenters. The van der Waals surface area contributed by atoms with Crippen molar-refractivity contribution in [2.75, 3.05) is 19.6 Å². The summed E-state index contributed by atoms with van der Waals surface area (Å²) < 4.78 is 0. The van der Waals surface area contributed by atoms with Gasteiger partial charge in [0.1, 0.15) is 5.54 Å². The zero-order valence-electron chi connectivity index (χ0n) is 13.3. The van der Waals surface area contributed by atoms with Crippen LogP contribution in [-0.4, -0.2) is 42.0 Å². The van der Waals surface area contributed by atoms with E-state index in [0.717, 1.165) is 38.4 Å². The van der Waals surface area contributed by atoms with Gasteiger partial charge in [-0.05, 0) is 57.9 Å². The van der Waals surface area contributed by atoms with E-state index in [0.29, 0.717) is 5.92 Å². The summed E-state index contributed by atoms with van der Waals surface area (Å²) in [5, 5.41) is 3.52. The smallest absolute Gasteiger partial charge is 0.239 e. The van der Waals surface area contributed by atoms with Gasteiger partial charge in [-0.1, -0.05) is 13.3 Å². The van der Waals surface area contributed by atoms with Crippen LogP contribution in [0.3, 0.4) is 0 Å². The average molecular weight is 281 g/mol. The molecule has 1 amide bonds.